The van der Waals surface area contributed by atoms with Gasteiger partial charge in [0.1, 0.15) is 0 Å². The first-order chi connectivity index (χ1) is 7.88. The van der Waals surface area contributed by atoms with E-state index in [1.807, 2.05) is 0 Å². The first-order valence-corrected chi connectivity index (χ1v) is 7.46. The van der Waals surface area contributed by atoms with E-state index in [1.165, 1.54) is 16.7 Å². The van der Waals surface area contributed by atoms with Gasteiger partial charge in [-0.3, -0.25) is 0 Å². The number of rotatable bonds is 6. The molecule has 0 saturated carbocycles. The third kappa shape index (κ3) is 5.84. The summed E-state index contributed by atoms with van der Waals surface area (Å²) in [4.78, 5) is 0. The molecule has 0 atom stereocenters. The van der Waals surface area contributed by atoms with Gasteiger partial charge in [0.15, 0.2) is 0 Å². The molecule has 1 aromatic carbocycles. The van der Waals surface area contributed by atoms with Crippen LogP contribution in [0.3, 0.4) is 0 Å². The summed E-state index contributed by atoms with van der Waals surface area (Å²) in [6.07, 6.45) is 3.13. The predicted molar refractivity (Wildman–Crippen MR) is 68.0 cm³/mol. The van der Waals surface area contributed by atoms with Gasteiger partial charge in [0.25, 0.3) is 0 Å². The minimum Gasteiger partial charge on any atom is -0.748 e. The fourth-order valence-electron chi connectivity index (χ4n) is 1.90. The van der Waals surface area contributed by atoms with Gasteiger partial charge in [0, 0.05) is 5.75 Å². The molecule has 0 aliphatic rings. The van der Waals surface area contributed by atoms with Crippen LogP contribution in [-0.2, 0) is 16.5 Å². The zero-order valence-electron chi connectivity index (χ0n) is 10.4. The van der Waals surface area contributed by atoms with Crippen molar-refractivity contribution in [2.45, 2.75) is 39.5 Å². The lowest BCUT2D eigenvalue weighted by molar-refractivity contribution is 0.460. The Hall–Kier alpha value is -0.870. The maximum absolute atomic E-state index is 10.4. The van der Waals surface area contributed by atoms with E-state index in [0.717, 1.165) is 19.3 Å². The molecule has 0 aliphatic heterocycles. The Bertz CT molecular complexity index is 464. The molecule has 0 fully saturated rings. The summed E-state index contributed by atoms with van der Waals surface area (Å²) in [5.41, 5.74) is 3.84. The van der Waals surface area contributed by atoms with Gasteiger partial charge >= 0.3 is 0 Å². The average molecular weight is 255 g/mol. The number of unbranched alkanes of at least 4 members (excludes halogenated alkanes) is 2. The van der Waals surface area contributed by atoms with Gasteiger partial charge in [-0.1, -0.05) is 30.2 Å². The Balaban J connectivity index is 2.32. The highest BCUT2D eigenvalue weighted by Crippen LogP contribution is 2.14. The molecular formula is C13H19O3S-. The second-order valence-corrected chi connectivity index (χ2v) is 6.03. The minimum atomic E-state index is -4.03. The molecule has 0 amide bonds. The molecule has 0 heterocycles. The summed E-state index contributed by atoms with van der Waals surface area (Å²) >= 11 is 0. The largest absolute Gasteiger partial charge is 0.748 e. The van der Waals surface area contributed by atoms with Gasteiger partial charge in [-0.25, -0.2) is 8.42 Å². The predicted octanol–water partition coefficient (Wildman–Crippen LogP) is 2.56. The molecule has 0 N–H and O–H groups in total. The SMILES string of the molecule is Cc1ccc(CCCCCS(=O)(=O)[O-])c(C)c1. The smallest absolute Gasteiger partial charge is 0.0945 e. The Labute approximate surface area is 104 Å². The second-order valence-electron chi connectivity index (χ2n) is 4.50. The van der Waals surface area contributed by atoms with E-state index in [0.29, 0.717) is 6.42 Å². The van der Waals surface area contributed by atoms with Gasteiger partial charge < -0.3 is 4.55 Å². The van der Waals surface area contributed by atoms with E-state index in [4.69, 9.17) is 0 Å². The maximum Gasteiger partial charge on any atom is 0.0945 e. The monoisotopic (exact) mass is 255 g/mol. The molecule has 3 nitrogen and oxygen atoms in total. The summed E-state index contributed by atoms with van der Waals surface area (Å²) in [6, 6.07) is 6.36. The highest BCUT2D eigenvalue weighted by Gasteiger charge is 2.00. The van der Waals surface area contributed by atoms with Crippen molar-refractivity contribution in [3.05, 3.63) is 34.9 Å². The molecule has 1 rings (SSSR count). The Morgan fingerprint density at radius 1 is 1.12 bits per heavy atom. The topological polar surface area (TPSA) is 57.2 Å². The van der Waals surface area contributed by atoms with Crippen LogP contribution < -0.4 is 0 Å². The van der Waals surface area contributed by atoms with E-state index in [2.05, 4.69) is 32.0 Å². The van der Waals surface area contributed by atoms with Crippen molar-refractivity contribution in [2.75, 3.05) is 5.75 Å². The molecule has 0 unspecified atom stereocenters. The summed E-state index contributed by atoms with van der Waals surface area (Å²) in [6.45, 7) is 4.15. The highest BCUT2D eigenvalue weighted by atomic mass is 32.2. The van der Waals surface area contributed by atoms with Crippen LogP contribution in [0.1, 0.15) is 36.0 Å². The zero-order chi connectivity index (χ0) is 12.9. The van der Waals surface area contributed by atoms with E-state index >= 15 is 0 Å². The third-order valence-corrected chi connectivity index (χ3v) is 3.63. The van der Waals surface area contributed by atoms with Crippen molar-refractivity contribution >= 4 is 10.1 Å². The highest BCUT2D eigenvalue weighted by molar-refractivity contribution is 7.85. The maximum atomic E-state index is 10.4. The van der Waals surface area contributed by atoms with E-state index in [9.17, 15) is 13.0 Å². The van der Waals surface area contributed by atoms with Crippen molar-refractivity contribution in [1.82, 2.24) is 0 Å². The third-order valence-electron chi connectivity index (χ3n) is 2.84. The summed E-state index contributed by atoms with van der Waals surface area (Å²) in [5, 5.41) is 0. The molecule has 96 valence electrons. The molecule has 0 aromatic heterocycles. The van der Waals surface area contributed by atoms with Gasteiger partial charge in [-0.15, -0.1) is 0 Å². The lowest BCUT2D eigenvalue weighted by Gasteiger charge is -2.08. The quantitative estimate of drug-likeness (QED) is 0.580. The number of benzene rings is 1. The van der Waals surface area contributed by atoms with Gasteiger partial charge in [-0.2, -0.15) is 0 Å². The molecule has 0 aliphatic carbocycles. The van der Waals surface area contributed by atoms with Crippen LogP contribution in [0.5, 0.6) is 0 Å². The van der Waals surface area contributed by atoms with Crippen molar-refractivity contribution in [3.63, 3.8) is 0 Å². The number of hydrogen-bond donors (Lipinski definition) is 0. The first-order valence-electron chi connectivity index (χ1n) is 5.88. The van der Waals surface area contributed by atoms with E-state index < -0.39 is 10.1 Å². The Morgan fingerprint density at radius 3 is 2.41 bits per heavy atom. The van der Waals surface area contributed by atoms with Crippen molar-refractivity contribution in [1.29, 1.82) is 0 Å². The van der Waals surface area contributed by atoms with Gasteiger partial charge in [-0.05, 0) is 44.2 Å². The number of aryl methyl sites for hydroxylation is 3. The fourth-order valence-corrected chi connectivity index (χ4v) is 2.46. The first kappa shape index (κ1) is 14.2. The summed E-state index contributed by atoms with van der Waals surface area (Å²) < 4.78 is 31.2. The van der Waals surface area contributed by atoms with Gasteiger partial charge in [0.2, 0.25) is 0 Å². The van der Waals surface area contributed by atoms with E-state index in [-0.39, 0.29) is 5.75 Å². The van der Waals surface area contributed by atoms with Crippen LogP contribution in [0.2, 0.25) is 0 Å². The van der Waals surface area contributed by atoms with Crippen LogP contribution in [0.25, 0.3) is 0 Å². The van der Waals surface area contributed by atoms with Crippen molar-refractivity contribution in [2.24, 2.45) is 0 Å². The minimum absolute atomic E-state index is 0.236. The lowest BCUT2D eigenvalue weighted by Crippen LogP contribution is -2.04. The lowest BCUT2D eigenvalue weighted by atomic mass is 10.0. The molecule has 0 saturated heterocycles. The van der Waals surface area contributed by atoms with Crippen LogP contribution >= 0.6 is 0 Å². The molecule has 0 bridgehead atoms. The van der Waals surface area contributed by atoms with Crippen LogP contribution in [0.15, 0.2) is 18.2 Å². The normalized spacial score (nSPS) is 11.7. The molecular weight excluding hydrogens is 236 g/mol. The van der Waals surface area contributed by atoms with Crippen LogP contribution in [0, 0.1) is 13.8 Å². The molecule has 0 radical (unpaired) electrons. The fraction of sp³-hybridized carbons (Fsp3) is 0.538. The van der Waals surface area contributed by atoms with Crippen molar-refractivity contribution < 1.29 is 13.0 Å². The zero-order valence-corrected chi connectivity index (χ0v) is 11.2. The van der Waals surface area contributed by atoms with Crippen LogP contribution in [0.4, 0.5) is 0 Å². The molecule has 1 aromatic rings. The van der Waals surface area contributed by atoms with E-state index in [1.54, 1.807) is 0 Å². The summed E-state index contributed by atoms with van der Waals surface area (Å²) in [7, 11) is -4.03. The molecule has 17 heavy (non-hydrogen) atoms. The Kier molecular flexibility index (Phi) is 5.15. The van der Waals surface area contributed by atoms with Crippen LogP contribution in [-0.4, -0.2) is 18.7 Å². The van der Waals surface area contributed by atoms with Gasteiger partial charge in [0.05, 0.1) is 10.1 Å². The van der Waals surface area contributed by atoms with Crippen molar-refractivity contribution in [3.8, 4) is 0 Å². The average Bonchev–Trinajstić information content (AvgIpc) is 2.18. The Morgan fingerprint density at radius 2 is 1.82 bits per heavy atom. The molecule has 0 spiro atoms. The molecule has 4 heteroatoms. The standard InChI is InChI=1S/C13H20O3S/c1-11-7-8-13(12(2)10-11)6-4-3-5-9-17(14,15)16/h7-8,10H,3-6,9H2,1-2H3,(H,14,15,16)/p-1. The second kappa shape index (κ2) is 6.17. The number of hydrogen-bond acceptors (Lipinski definition) is 3. The summed E-state index contributed by atoms with van der Waals surface area (Å²) in [5.74, 6) is -0.236.